The average Bonchev–Trinajstić information content (AvgIpc) is 2.65. The van der Waals surface area contributed by atoms with Crippen LogP contribution in [0.4, 0.5) is 4.39 Å². The van der Waals surface area contributed by atoms with Crippen molar-refractivity contribution in [3.05, 3.63) is 34.1 Å². The molecule has 0 N–H and O–H groups in total. The summed E-state index contributed by atoms with van der Waals surface area (Å²) >= 11 is 3.19. The largest absolute Gasteiger partial charge is 0.372 e. The van der Waals surface area contributed by atoms with E-state index < -0.39 is 6.10 Å². The van der Waals surface area contributed by atoms with E-state index in [0.29, 0.717) is 23.1 Å². The molecule has 2 nitrogen and oxygen atoms in total. The Labute approximate surface area is 95.8 Å². The van der Waals surface area contributed by atoms with Crippen molar-refractivity contribution in [3.8, 4) is 6.07 Å². The van der Waals surface area contributed by atoms with Gasteiger partial charge in [-0.3, -0.25) is 0 Å². The van der Waals surface area contributed by atoms with Crippen LogP contribution >= 0.6 is 15.9 Å². The second kappa shape index (κ2) is 4.30. The van der Waals surface area contributed by atoms with E-state index in [1.165, 1.54) is 6.07 Å². The second-order valence-corrected chi connectivity index (χ2v) is 4.40. The fourth-order valence-electron chi connectivity index (χ4n) is 1.76. The van der Waals surface area contributed by atoms with Crippen LogP contribution in [-0.4, -0.2) is 6.61 Å². The first kappa shape index (κ1) is 10.6. The number of rotatable bonds is 1. The average molecular weight is 270 g/mol. The Bertz CT molecular complexity index is 416. The van der Waals surface area contributed by atoms with Crippen LogP contribution in [0.1, 0.15) is 18.1 Å². The van der Waals surface area contributed by atoms with Crippen molar-refractivity contribution in [3.63, 3.8) is 0 Å². The van der Waals surface area contributed by atoms with Crippen LogP contribution in [-0.2, 0) is 4.74 Å². The quantitative estimate of drug-likeness (QED) is 0.785. The molecule has 2 unspecified atom stereocenters. The fourth-order valence-corrected chi connectivity index (χ4v) is 2.09. The molecule has 2 rings (SSSR count). The van der Waals surface area contributed by atoms with Crippen LogP contribution in [0.5, 0.6) is 0 Å². The number of nitrogens with zero attached hydrogens (tertiary/aromatic N) is 1. The summed E-state index contributed by atoms with van der Waals surface area (Å²) in [6.45, 7) is 0.526. The van der Waals surface area contributed by atoms with Crippen molar-refractivity contribution >= 4 is 15.9 Å². The first-order valence-corrected chi connectivity index (χ1v) is 5.48. The summed E-state index contributed by atoms with van der Waals surface area (Å²) < 4.78 is 19.7. The fraction of sp³-hybridized carbons (Fsp3) is 0.364. The van der Waals surface area contributed by atoms with Crippen LogP contribution in [0.2, 0.25) is 0 Å². The van der Waals surface area contributed by atoms with Crippen molar-refractivity contribution in [2.24, 2.45) is 5.92 Å². The van der Waals surface area contributed by atoms with E-state index in [1.54, 1.807) is 12.1 Å². The third-order valence-corrected chi connectivity index (χ3v) is 3.02. The summed E-state index contributed by atoms with van der Waals surface area (Å²) in [5.74, 6) is -0.558. The standard InChI is InChI=1S/C11H9BrFNO/c12-8-1-2-9(10(13)5-8)11-7(6-14)3-4-15-11/h1-2,5,7,11H,3-4H2. The highest BCUT2D eigenvalue weighted by molar-refractivity contribution is 9.10. The molecule has 1 aliphatic heterocycles. The molecule has 0 aromatic heterocycles. The number of benzene rings is 1. The summed E-state index contributed by atoms with van der Waals surface area (Å²) in [6, 6.07) is 6.97. The summed E-state index contributed by atoms with van der Waals surface area (Å²) in [6.07, 6.45) is 0.263. The molecule has 0 bridgehead atoms. The second-order valence-electron chi connectivity index (χ2n) is 3.48. The van der Waals surface area contributed by atoms with Crippen LogP contribution in [0.3, 0.4) is 0 Å². The van der Waals surface area contributed by atoms with E-state index in [0.717, 1.165) is 0 Å². The highest BCUT2D eigenvalue weighted by Gasteiger charge is 2.31. The van der Waals surface area contributed by atoms with Gasteiger partial charge in [0.05, 0.1) is 12.0 Å². The molecule has 2 atom stereocenters. The van der Waals surface area contributed by atoms with Gasteiger partial charge in [-0.2, -0.15) is 5.26 Å². The molecule has 1 aromatic carbocycles. The maximum Gasteiger partial charge on any atom is 0.130 e. The van der Waals surface area contributed by atoms with Crippen molar-refractivity contribution in [1.82, 2.24) is 0 Å². The lowest BCUT2D eigenvalue weighted by molar-refractivity contribution is 0.0976. The summed E-state index contributed by atoms with van der Waals surface area (Å²) in [5, 5.41) is 8.88. The molecular weight excluding hydrogens is 261 g/mol. The molecule has 1 aliphatic rings. The first-order chi connectivity index (χ1) is 7.22. The lowest BCUT2D eigenvalue weighted by atomic mass is 9.96. The molecule has 78 valence electrons. The van der Waals surface area contributed by atoms with E-state index in [2.05, 4.69) is 22.0 Å². The zero-order valence-corrected chi connectivity index (χ0v) is 9.50. The highest BCUT2D eigenvalue weighted by atomic mass is 79.9. The molecule has 0 radical (unpaired) electrons. The number of hydrogen-bond donors (Lipinski definition) is 0. The predicted molar refractivity (Wildman–Crippen MR) is 56.5 cm³/mol. The normalized spacial score (nSPS) is 25.1. The smallest absolute Gasteiger partial charge is 0.130 e. The predicted octanol–water partition coefficient (Wildman–Crippen LogP) is 3.19. The van der Waals surface area contributed by atoms with Crippen molar-refractivity contribution < 1.29 is 9.13 Å². The van der Waals surface area contributed by atoms with Gasteiger partial charge in [0.25, 0.3) is 0 Å². The summed E-state index contributed by atoms with van der Waals surface area (Å²) in [4.78, 5) is 0. The van der Waals surface area contributed by atoms with E-state index in [9.17, 15) is 4.39 Å². The molecule has 0 aliphatic carbocycles. The molecule has 0 amide bonds. The number of halogens is 2. The molecular formula is C11H9BrFNO. The molecule has 15 heavy (non-hydrogen) atoms. The van der Waals surface area contributed by atoms with Gasteiger partial charge in [-0.05, 0) is 18.6 Å². The number of hydrogen-bond acceptors (Lipinski definition) is 2. The van der Waals surface area contributed by atoms with E-state index in [-0.39, 0.29) is 11.7 Å². The van der Waals surface area contributed by atoms with Crippen molar-refractivity contribution in [2.75, 3.05) is 6.61 Å². The zero-order valence-electron chi connectivity index (χ0n) is 7.91. The van der Waals surface area contributed by atoms with Gasteiger partial charge in [-0.25, -0.2) is 4.39 Å². The van der Waals surface area contributed by atoms with Crippen LogP contribution in [0, 0.1) is 23.1 Å². The van der Waals surface area contributed by atoms with Gasteiger partial charge in [0, 0.05) is 16.6 Å². The Morgan fingerprint density at radius 2 is 2.33 bits per heavy atom. The van der Waals surface area contributed by atoms with Gasteiger partial charge in [-0.1, -0.05) is 22.0 Å². The minimum atomic E-state index is -0.414. The van der Waals surface area contributed by atoms with Crippen molar-refractivity contribution in [2.45, 2.75) is 12.5 Å². The Morgan fingerprint density at radius 1 is 1.53 bits per heavy atom. The van der Waals surface area contributed by atoms with Crippen LogP contribution in [0.25, 0.3) is 0 Å². The molecule has 1 fully saturated rings. The maximum atomic E-state index is 13.6. The molecule has 0 spiro atoms. The highest BCUT2D eigenvalue weighted by Crippen LogP contribution is 2.35. The Hall–Kier alpha value is -0.920. The van der Waals surface area contributed by atoms with Gasteiger partial charge in [-0.15, -0.1) is 0 Å². The number of ether oxygens (including phenoxy) is 1. The lowest BCUT2D eigenvalue weighted by Gasteiger charge is -2.14. The molecule has 1 heterocycles. The maximum absolute atomic E-state index is 13.6. The third kappa shape index (κ3) is 2.04. The van der Waals surface area contributed by atoms with Crippen LogP contribution in [0.15, 0.2) is 22.7 Å². The Morgan fingerprint density at radius 3 is 3.00 bits per heavy atom. The van der Waals surface area contributed by atoms with Gasteiger partial charge < -0.3 is 4.74 Å². The van der Waals surface area contributed by atoms with Crippen molar-refractivity contribution in [1.29, 1.82) is 5.26 Å². The summed E-state index contributed by atoms with van der Waals surface area (Å²) in [7, 11) is 0. The molecule has 4 heteroatoms. The van der Waals surface area contributed by atoms with E-state index in [4.69, 9.17) is 10.00 Å². The number of nitriles is 1. The monoisotopic (exact) mass is 269 g/mol. The third-order valence-electron chi connectivity index (χ3n) is 2.53. The molecule has 1 aromatic rings. The Kier molecular flexibility index (Phi) is 3.03. The minimum absolute atomic E-state index is 0.235. The van der Waals surface area contributed by atoms with Gasteiger partial charge >= 0.3 is 0 Å². The van der Waals surface area contributed by atoms with Gasteiger partial charge in [0.15, 0.2) is 0 Å². The topological polar surface area (TPSA) is 33.0 Å². The minimum Gasteiger partial charge on any atom is -0.372 e. The first-order valence-electron chi connectivity index (χ1n) is 4.68. The zero-order chi connectivity index (χ0) is 10.8. The van der Waals surface area contributed by atoms with Gasteiger partial charge in [0.1, 0.15) is 11.9 Å². The van der Waals surface area contributed by atoms with E-state index in [1.807, 2.05) is 0 Å². The molecule has 0 saturated carbocycles. The SMILES string of the molecule is N#CC1CCOC1c1ccc(Br)cc1F. The van der Waals surface area contributed by atoms with Crippen LogP contribution < -0.4 is 0 Å². The molecule has 1 saturated heterocycles. The van der Waals surface area contributed by atoms with Gasteiger partial charge in [0.2, 0.25) is 0 Å². The lowest BCUT2D eigenvalue weighted by Crippen LogP contribution is -2.07. The summed E-state index contributed by atoms with van der Waals surface area (Å²) in [5.41, 5.74) is 0.474. The Balaban J connectivity index is 2.33. The van der Waals surface area contributed by atoms with E-state index >= 15 is 0 Å².